The molecule has 4 rings (SSSR count). The first-order valence-electron chi connectivity index (χ1n) is 7.06. The van der Waals surface area contributed by atoms with Crippen molar-refractivity contribution in [2.45, 2.75) is 9.77 Å². The largest absolute Gasteiger partial charge is 0.362 e. The van der Waals surface area contributed by atoms with Gasteiger partial charge in [-0.05, 0) is 23.3 Å². The predicted molar refractivity (Wildman–Crippen MR) is 89.6 cm³/mol. The van der Waals surface area contributed by atoms with Gasteiger partial charge in [-0.3, -0.25) is 0 Å². The minimum absolute atomic E-state index is 0.244. The average Bonchev–Trinajstić information content (AvgIpc) is 2.97. The van der Waals surface area contributed by atoms with Gasteiger partial charge in [0, 0.05) is 10.6 Å². The number of fused-ring (bicyclic) bond motifs is 1. The fourth-order valence-corrected chi connectivity index (χ4v) is 4.19. The van der Waals surface area contributed by atoms with Gasteiger partial charge in [-0.25, -0.2) is 0 Å². The molecule has 1 N–H and O–H groups in total. The number of para-hydroxylation sites is 1. The third-order valence-corrected chi connectivity index (χ3v) is 5.28. The molecule has 1 aliphatic heterocycles. The number of rotatable bonds is 2. The maximum atomic E-state index is 3.74. The topological polar surface area (TPSA) is 12.0 Å². The van der Waals surface area contributed by atoms with Crippen molar-refractivity contribution in [3.63, 3.8) is 0 Å². The zero-order chi connectivity index (χ0) is 14.1. The highest BCUT2D eigenvalue weighted by atomic mass is 32.2. The maximum Gasteiger partial charge on any atom is 0.140 e. The van der Waals surface area contributed by atoms with Gasteiger partial charge < -0.3 is 5.32 Å². The zero-order valence-corrected chi connectivity index (χ0v) is 12.3. The summed E-state index contributed by atoms with van der Waals surface area (Å²) in [7, 11) is 0. The number of anilines is 1. The lowest BCUT2D eigenvalue weighted by atomic mass is 9.97. The Morgan fingerprint density at radius 1 is 0.619 bits per heavy atom. The lowest BCUT2D eigenvalue weighted by molar-refractivity contribution is 0.873. The summed E-state index contributed by atoms with van der Waals surface area (Å²) in [4.78, 5) is 1.05. The molecule has 0 aliphatic carbocycles. The molecule has 1 heterocycles. The molecule has 0 amide bonds. The third-order valence-electron chi connectivity index (χ3n) is 3.82. The van der Waals surface area contributed by atoms with Crippen LogP contribution in [0.1, 0.15) is 11.1 Å². The van der Waals surface area contributed by atoms with Crippen LogP contribution in [-0.4, -0.2) is 0 Å². The average molecular weight is 289 g/mol. The van der Waals surface area contributed by atoms with Gasteiger partial charge in [0.2, 0.25) is 0 Å². The third kappa shape index (κ3) is 2.03. The molecule has 1 nitrogen and oxygen atoms in total. The monoisotopic (exact) mass is 289 g/mol. The maximum absolute atomic E-state index is 3.74. The van der Waals surface area contributed by atoms with Crippen molar-refractivity contribution >= 4 is 17.4 Å². The second-order valence-corrected chi connectivity index (χ2v) is 6.39. The van der Waals surface area contributed by atoms with Gasteiger partial charge in [-0.15, -0.1) is 0 Å². The highest BCUT2D eigenvalue weighted by molar-refractivity contribution is 8.01. The van der Waals surface area contributed by atoms with Gasteiger partial charge >= 0.3 is 0 Å². The lowest BCUT2D eigenvalue weighted by Gasteiger charge is -2.30. The molecule has 3 aromatic rings. The van der Waals surface area contributed by atoms with Crippen LogP contribution < -0.4 is 5.32 Å². The van der Waals surface area contributed by atoms with Gasteiger partial charge in [0.25, 0.3) is 0 Å². The van der Waals surface area contributed by atoms with Crippen molar-refractivity contribution < 1.29 is 0 Å². The number of hydrogen-bond acceptors (Lipinski definition) is 2. The Kier molecular flexibility index (Phi) is 2.97. The van der Waals surface area contributed by atoms with E-state index in [0.29, 0.717) is 0 Å². The molecule has 0 radical (unpaired) electrons. The van der Waals surface area contributed by atoms with E-state index in [4.69, 9.17) is 0 Å². The summed E-state index contributed by atoms with van der Waals surface area (Å²) in [5.41, 5.74) is 3.75. The minimum atomic E-state index is -0.244. The van der Waals surface area contributed by atoms with Crippen molar-refractivity contribution in [1.29, 1.82) is 0 Å². The van der Waals surface area contributed by atoms with Crippen molar-refractivity contribution in [3.8, 4) is 0 Å². The molecular weight excluding hydrogens is 274 g/mol. The molecule has 0 fully saturated rings. The summed E-state index contributed by atoms with van der Waals surface area (Å²) in [6, 6.07) is 29.8. The Hall–Kier alpha value is -2.19. The first-order valence-corrected chi connectivity index (χ1v) is 7.87. The molecule has 102 valence electrons. The Morgan fingerprint density at radius 2 is 1.14 bits per heavy atom. The van der Waals surface area contributed by atoms with Crippen LogP contribution in [0.3, 0.4) is 0 Å². The molecule has 0 saturated heterocycles. The van der Waals surface area contributed by atoms with Crippen LogP contribution >= 0.6 is 11.8 Å². The van der Waals surface area contributed by atoms with Crippen molar-refractivity contribution in [3.05, 3.63) is 96.1 Å². The summed E-state index contributed by atoms with van der Waals surface area (Å²) in [5, 5.41) is 3.74. The lowest BCUT2D eigenvalue weighted by Crippen LogP contribution is -2.29. The fourth-order valence-electron chi connectivity index (χ4n) is 2.81. The molecule has 0 unspecified atom stereocenters. The highest BCUT2D eigenvalue weighted by Crippen LogP contribution is 2.54. The Balaban J connectivity index is 1.90. The number of benzene rings is 3. The molecule has 0 saturated carbocycles. The molecule has 0 atom stereocenters. The Bertz CT molecular complexity index is 686. The molecule has 3 aromatic carbocycles. The molecular formula is C19H15NS. The Morgan fingerprint density at radius 3 is 1.71 bits per heavy atom. The summed E-state index contributed by atoms with van der Waals surface area (Å²) >= 11 is 1.88. The zero-order valence-electron chi connectivity index (χ0n) is 11.5. The summed E-state index contributed by atoms with van der Waals surface area (Å²) in [6.07, 6.45) is 0. The van der Waals surface area contributed by atoms with Crippen molar-refractivity contribution in [2.24, 2.45) is 0 Å². The van der Waals surface area contributed by atoms with Crippen LogP contribution in [0.15, 0.2) is 89.8 Å². The predicted octanol–water partition coefficient (Wildman–Crippen LogP) is 5.11. The van der Waals surface area contributed by atoms with E-state index in [1.165, 1.54) is 21.7 Å². The van der Waals surface area contributed by atoms with Gasteiger partial charge in [0.15, 0.2) is 0 Å². The van der Waals surface area contributed by atoms with Crippen LogP contribution in [0.2, 0.25) is 0 Å². The van der Waals surface area contributed by atoms with Crippen LogP contribution in [0.4, 0.5) is 5.69 Å². The molecule has 0 spiro atoms. The standard InChI is InChI=1S/C19H15NS/c1-3-9-15(10-4-1)19(16-11-5-2-6-12-16)20-17-13-7-8-14-18(17)21-19/h1-14,20H. The van der Waals surface area contributed by atoms with E-state index in [-0.39, 0.29) is 4.87 Å². The summed E-state index contributed by atoms with van der Waals surface area (Å²) < 4.78 is 0. The molecule has 21 heavy (non-hydrogen) atoms. The molecule has 2 heteroatoms. The van der Waals surface area contributed by atoms with E-state index in [9.17, 15) is 0 Å². The van der Waals surface area contributed by atoms with E-state index in [1.807, 2.05) is 11.8 Å². The van der Waals surface area contributed by atoms with E-state index in [1.54, 1.807) is 0 Å². The Labute approximate surface area is 129 Å². The van der Waals surface area contributed by atoms with Crippen LogP contribution in [0, 0.1) is 0 Å². The van der Waals surface area contributed by atoms with Gasteiger partial charge in [0.05, 0.1) is 0 Å². The van der Waals surface area contributed by atoms with Crippen LogP contribution in [0.25, 0.3) is 0 Å². The van der Waals surface area contributed by atoms with E-state index >= 15 is 0 Å². The first-order chi connectivity index (χ1) is 10.4. The van der Waals surface area contributed by atoms with E-state index in [2.05, 4.69) is 90.2 Å². The van der Waals surface area contributed by atoms with E-state index in [0.717, 1.165) is 0 Å². The fraction of sp³-hybridized carbons (Fsp3) is 0.0526. The second-order valence-electron chi connectivity index (χ2n) is 5.14. The van der Waals surface area contributed by atoms with Crippen molar-refractivity contribution in [1.82, 2.24) is 0 Å². The van der Waals surface area contributed by atoms with Gasteiger partial charge in [-0.2, -0.15) is 0 Å². The minimum Gasteiger partial charge on any atom is -0.362 e. The smallest absolute Gasteiger partial charge is 0.140 e. The summed E-state index contributed by atoms with van der Waals surface area (Å²) in [6.45, 7) is 0. The van der Waals surface area contributed by atoms with Gasteiger partial charge in [0.1, 0.15) is 4.87 Å². The number of nitrogens with one attached hydrogen (secondary N) is 1. The van der Waals surface area contributed by atoms with E-state index < -0.39 is 0 Å². The van der Waals surface area contributed by atoms with Crippen LogP contribution in [-0.2, 0) is 4.87 Å². The first kappa shape index (κ1) is 12.5. The number of hydrogen-bond donors (Lipinski definition) is 1. The normalized spacial score (nSPS) is 15.2. The molecule has 0 bridgehead atoms. The number of thioether (sulfide) groups is 1. The quantitative estimate of drug-likeness (QED) is 0.704. The molecule has 0 aromatic heterocycles. The SMILES string of the molecule is c1ccc(C2(c3ccccc3)Nc3ccccc3S2)cc1. The summed E-state index contributed by atoms with van der Waals surface area (Å²) in [5.74, 6) is 0. The molecule has 1 aliphatic rings. The second kappa shape index (κ2) is 4.97. The van der Waals surface area contributed by atoms with Crippen molar-refractivity contribution in [2.75, 3.05) is 5.32 Å². The van der Waals surface area contributed by atoms with Gasteiger partial charge in [-0.1, -0.05) is 84.6 Å². The van der Waals surface area contributed by atoms with Crippen LogP contribution in [0.5, 0.6) is 0 Å². The highest BCUT2D eigenvalue weighted by Gasteiger charge is 2.40.